The minimum atomic E-state index is -1.29. The second-order valence-electron chi connectivity index (χ2n) is 2.56. The summed E-state index contributed by atoms with van der Waals surface area (Å²) < 4.78 is 0. The minimum Gasteiger partial charge on any atom is -0.481 e. The monoisotopic (exact) mass is 225 g/mol. The van der Waals surface area contributed by atoms with Crippen LogP contribution >= 0.6 is 0 Å². The number of aliphatic hydroxyl groups excluding tert-OH is 3. The van der Waals surface area contributed by atoms with Gasteiger partial charge in [-0.2, -0.15) is 0 Å². The molecule has 0 spiro atoms. The molecule has 0 aromatic heterocycles. The summed E-state index contributed by atoms with van der Waals surface area (Å²) in [5.74, 6) is -2.50. The summed E-state index contributed by atoms with van der Waals surface area (Å²) in [6.45, 7) is -0.729. The lowest BCUT2D eigenvalue weighted by atomic mass is 10.2. The molecule has 0 aliphatic carbocycles. The van der Waals surface area contributed by atoms with Crippen LogP contribution in [0.25, 0.3) is 0 Å². The van der Waals surface area contributed by atoms with Crippen LogP contribution in [0.1, 0.15) is 6.42 Å². The number of rotatable bonds is 5. The summed E-state index contributed by atoms with van der Waals surface area (Å²) in [7, 11) is 0. The lowest BCUT2D eigenvalue weighted by Gasteiger charge is -1.99. The Hall–Kier alpha value is -1.22. The van der Waals surface area contributed by atoms with Gasteiger partial charge in [0.05, 0.1) is 19.6 Å². The maximum atomic E-state index is 9.85. The number of carboxylic acid groups (broad SMARTS) is 2. The summed E-state index contributed by atoms with van der Waals surface area (Å²) in [4.78, 5) is 19.6. The smallest absolute Gasteiger partial charge is 0.321 e. The third-order valence-electron chi connectivity index (χ3n) is 1.13. The average Bonchev–Trinajstić information content (AvgIpc) is 2.16. The largest absolute Gasteiger partial charge is 0.481 e. The molecule has 0 aromatic rings. The van der Waals surface area contributed by atoms with Gasteiger partial charge in [-0.3, -0.25) is 9.59 Å². The van der Waals surface area contributed by atoms with Gasteiger partial charge in [-0.15, -0.1) is 0 Å². The van der Waals surface area contributed by atoms with Crippen molar-refractivity contribution in [2.24, 2.45) is 5.73 Å². The predicted molar refractivity (Wildman–Crippen MR) is 48.0 cm³/mol. The van der Waals surface area contributed by atoms with Crippen molar-refractivity contribution in [3.05, 3.63) is 0 Å². The van der Waals surface area contributed by atoms with Gasteiger partial charge in [0, 0.05) is 0 Å². The van der Waals surface area contributed by atoms with Crippen molar-refractivity contribution in [3.8, 4) is 0 Å². The Kier molecular flexibility index (Phi) is 10.1. The van der Waals surface area contributed by atoms with Crippen LogP contribution in [-0.4, -0.2) is 62.8 Å². The van der Waals surface area contributed by atoms with E-state index in [1.807, 2.05) is 0 Å². The SMILES string of the molecule is NC(CC(=O)O)C(=O)O.OCC(O)CO. The molecule has 7 N–H and O–H groups in total. The van der Waals surface area contributed by atoms with Gasteiger partial charge in [0.1, 0.15) is 12.1 Å². The summed E-state index contributed by atoms with van der Waals surface area (Å²) in [5, 5.41) is 40.0. The third-order valence-corrected chi connectivity index (χ3v) is 1.13. The highest BCUT2D eigenvalue weighted by atomic mass is 16.4. The maximum absolute atomic E-state index is 9.85. The zero-order valence-electron chi connectivity index (χ0n) is 7.91. The van der Waals surface area contributed by atoms with Crippen LogP contribution in [0.3, 0.4) is 0 Å². The van der Waals surface area contributed by atoms with Crippen molar-refractivity contribution < 1.29 is 35.1 Å². The van der Waals surface area contributed by atoms with E-state index < -0.39 is 30.5 Å². The topological polar surface area (TPSA) is 161 Å². The second-order valence-corrected chi connectivity index (χ2v) is 2.56. The van der Waals surface area contributed by atoms with Crippen LogP contribution < -0.4 is 5.73 Å². The van der Waals surface area contributed by atoms with E-state index in [1.54, 1.807) is 0 Å². The predicted octanol–water partition coefficient (Wildman–Crippen LogP) is -2.80. The standard InChI is InChI=1S/C4H7NO4.C3H8O3/c5-2(4(8)9)1-3(6)7;4-1-3(6)2-5/h2H,1,5H2,(H,6,7)(H,8,9);3-6H,1-2H2. The lowest BCUT2D eigenvalue weighted by molar-refractivity contribution is -0.144. The Morgan fingerprint density at radius 3 is 1.60 bits per heavy atom. The van der Waals surface area contributed by atoms with Crippen molar-refractivity contribution >= 4 is 11.9 Å². The van der Waals surface area contributed by atoms with Crippen LogP contribution in [0.5, 0.6) is 0 Å². The van der Waals surface area contributed by atoms with Gasteiger partial charge in [0.15, 0.2) is 0 Å². The molecule has 0 heterocycles. The van der Waals surface area contributed by atoms with Crippen LogP contribution in [0, 0.1) is 0 Å². The Bertz CT molecular complexity index is 192. The molecule has 0 aliphatic rings. The number of carboxylic acids is 2. The third kappa shape index (κ3) is 12.8. The van der Waals surface area contributed by atoms with Gasteiger partial charge in [-0.1, -0.05) is 0 Å². The van der Waals surface area contributed by atoms with Gasteiger partial charge >= 0.3 is 11.9 Å². The lowest BCUT2D eigenvalue weighted by Crippen LogP contribution is -2.32. The van der Waals surface area contributed by atoms with E-state index in [4.69, 9.17) is 31.3 Å². The van der Waals surface area contributed by atoms with Crippen LogP contribution in [0.2, 0.25) is 0 Å². The number of aliphatic hydroxyl groups is 3. The molecule has 0 fully saturated rings. The van der Waals surface area contributed by atoms with E-state index >= 15 is 0 Å². The van der Waals surface area contributed by atoms with E-state index in [9.17, 15) is 9.59 Å². The fourth-order valence-corrected chi connectivity index (χ4v) is 0.333. The molecule has 0 bridgehead atoms. The summed E-state index contributed by atoms with van der Waals surface area (Å²) in [6, 6.07) is -1.29. The first kappa shape index (κ1) is 16.2. The normalized spacial score (nSPS) is 11.5. The highest BCUT2D eigenvalue weighted by molar-refractivity contribution is 5.80. The van der Waals surface area contributed by atoms with Crippen molar-refractivity contribution in [3.63, 3.8) is 0 Å². The molecular formula is C7H15NO7. The van der Waals surface area contributed by atoms with Crippen LogP contribution in [-0.2, 0) is 9.59 Å². The first-order valence-electron chi connectivity index (χ1n) is 3.95. The Morgan fingerprint density at radius 2 is 1.53 bits per heavy atom. The molecule has 0 saturated carbocycles. The number of carbonyl (C=O) groups is 2. The van der Waals surface area contributed by atoms with E-state index in [0.717, 1.165) is 0 Å². The number of hydrogen-bond acceptors (Lipinski definition) is 6. The molecular weight excluding hydrogens is 210 g/mol. The molecule has 8 heteroatoms. The van der Waals surface area contributed by atoms with Gasteiger partial charge in [0.2, 0.25) is 0 Å². The number of nitrogens with two attached hydrogens (primary N) is 1. The second kappa shape index (κ2) is 9.34. The first-order chi connectivity index (χ1) is 6.84. The summed E-state index contributed by atoms with van der Waals surface area (Å²) in [6.07, 6.45) is -1.49. The molecule has 0 aromatic carbocycles. The van der Waals surface area contributed by atoms with E-state index in [0.29, 0.717) is 0 Å². The van der Waals surface area contributed by atoms with Gasteiger partial charge in [0.25, 0.3) is 0 Å². The van der Waals surface area contributed by atoms with Crippen LogP contribution in [0.15, 0.2) is 0 Å². The molecule has 1 unspecified atom stereocenters. The van der Waals surface area contributed by atoms with Gasteiger partial charge in [-0.25, -0.2) is 0 Å². The summed E-state index contributed by atoms with van der Waals surface area (Å²) in [5.41, 5.74) is 4.84. The molecule has 0 radical (unpaired) electrons. The average molecular weight is 225 g/mol. The number of aliphatic carboxylic acids is 2. The summed E-state index contributed by atoms with van der Waals surface area (Å²) >= 11 is 0. The van der Waals surface area contributed by atoms with E-state index in [1.165, 1.54) is 0 Å². The zero-order chi connectivity index (χ0) is 12.4. The Morgan fingerprint density at radius 1 is 1.13 bits per heavy atom. The van der Waals surface area contributed by atoms with E-state index in [2.05, 4.69) is 0 Å². The fraction of sp³-hybridized carbons (Fsp3) is 0.714. The maximum Gasteiger partial charge on any atom is 0.321 e. The van der Waals surface area contributed by atoms with Crippen molar-refractivity contribution in [1.29, 1.82) is 0 Å². The fourth-order valence-electron chi connectivity index (χ4n) is 0.333. The minimum absolute atomic E-state index is 0.365. The Balaban J connectivity index is 0. The van der Waals surface area contributed by atoms with Crippen LogP contribution in [0.4, 0.5) is 0 Å². The Labute approximate surface area is 85.6 Å². The molecule has 0 aliphatic heterocycles. The van der Waals surface area contributed by atoms with Gasteiger partial charge < -0.3 is 31.3 Å². The zero-order valence-corrected chi connectivity index (χ0v) is 7.91. The first-order valence-corrected chi connectivity index (χ1v) is 3.95. The quantitative estimate of drug-likeness (QED) is 0.292. The molecule has 15 heavy (non-hydrogen) atoms. The molecule has 0 amide bonds. The van der Waals surface area contributed by atoms with E-state index in [-0.39, 0.29) is 13.2 Å². The van der Waals surface area contributed by atoms with Crippen molar-refractivity contribution in [2.45, 2.75) is 18.6 Å². The molecule has 0 rings (SSSR count). The molecule has 8 nitrogen and oxygen atoms in total. The van der Waals surface area contributed by atoms with Gasteiger partial charge in [-0.05, 0) is 0 Å². The molecule has 1 atom stereocenters. The van der Waals surface area contributed by atoms with Crippen molar-refractivity contribution in [1.82, 2.24) is 0 Å². The highest BCUT2D eigenvalue weighted by Crippen LogP contribution is 1.86. The highest BCUT2D eigenvalue weighted by Gasteiger charge is 2.14. The van der Waals surface area contributed by atoms with Crippen molar-refractivity contribution in [2.75, 3.05) is 13.2 Å². The molecule has 0 saturated heterocycles. The number of hydrogen-bond donors (Lipinski definition) is 6. The molecule has 90 valence electrons.